The maximum atomic E-state index is 10.2. The van der Waals surface area contributed by atoms with Crippen molar-refractivity contribution in [2.45, 2.75) is 90.4 Å². The molecule has 248 valence electrons. The standard InChI is InChI=1S/2C6H14N4O2.2C6H13NO2/c2*7-4(5(11)12)2-1-3-10-6(8)9;2*1-4(2)3-5(7)6(8)9/h2*4H,1-3,7H2,(H,11,12)(H4,8,9,10);2*4-5H,3,7H2,1-2H3,(H,8,9)/t2*4-;2*5-/m0000/s1. The number of nitrogens with two attached hydrogens (primary N) is 6. The van der Waals surface area contributed by atoms with E-state index in [2.05, 4.69) is 10.6 Å². The first-order chi connectivity index (χ1) is 19.1. The summed E-state index contributed by atoms with van der Waals surface area (Å²) in [5, 5.41) is 52.0. The summed E-state index contributed by atoms with van der Waals surface area (Å²) < 4.78 is 0. The van der Waals surface area contributed by atoms with E-state index in [-0.39, 0.29) is 11.9 Å². The zero-order valence-electron chi connectivity index (χ0n) is 25.0. The number of carbonyl (C=O) groups is 4. The van der Waals surface area contributed by atoms with Crippen molar-refractivity contribution in [2.24, 2.45) is 46.2 Å². The first-order valence-corrected chi connectivity index (χ1v) is 13.2. The zero-order valence-corrected chi connectivity index (χ0v) is 25.0. The summed E-state index contributed by atoms with van der Waals surface area (Å²) in [5.74, 6) is -3.34. The highest BCUT2D eigenvalue weighted by molar-refractivity contribution is 5.75. The largest absolute Gasteiger partial charge is 0.480 e. The topological polar surface area (TPSA) is 377 Å². The van der Waals surface area contributed by atoms with Crippen LogP contribution in [0.2, 0.25) is 0 Å². The number of rotatable bonds is 16. The van der Waals surface area contributed by atoms with Crippen LogP contribution >= 0.6 is 0 Å². The van der Waals surface area contributed by atoms with Crippen LogP contribution in [0.5, 0.6) is 0 Å². The molecular formula is C24H54N10O8. The molecule has 0 amide bonds. The van der Waals surface area contributed by atoms with Gasteiger partial charge >= 0.3 is 23.9 Å². The molecule has 0 rings (SSSR count). The Kier molecular flexibility index (Phi) is 29.6. The Morgan fingerprint density at radius 3 is 0.952 bits per heavy atom. The molecule has 0 unspecified atom stereocenters. The summed E-state index contributed by atoms with van der Waals surface area (Å²) in [6, 6.07) is -3.02. The predicted molar refractivity (Wildman–Crippen MR) is 160 cm³/mol. The van der Waals surface area contributed by atoms with Gasteiger partial charge in [0.1, 0.15) is 24.2 Å². The number of hydrogen-bond acceptors (Lipinski definition) is 10. The van der Waals surface area contributed by atoms with Crippen molar-refractivity contribution in [2.75, 3.05) is 13.1 Å². The Morgan fingerprint density at radius 2 is 0.810 bits per heavy atom. The SMILES string of the molecule is CC(C)C[C@H](N)C(=O)O.CC(C)C[C@H](N)C(=O)O.N=C(N)NCCC[C@H](N)C(=O)O.N=C(N)NCCC[C@H](N)C(=O)O. The van der Waals surface area contributed by atoms with Crippen LogP contribution in [0.4, 0.5) is 0 Å². The molecule has 0 aliphatic carbocycles. The van der Waals surface area contributed by atoms with E-state index in [4.69, 9.17) is 65.6 Å². The molecule has 18 nitrogen and oxygen atoms in total. The molecule has 20 N–H and O–H groups in total. The summed E-state index contributed by atoms with van der Waals surface area (Å²) in [7, 11) is 0. The number of carboxylic acid groups (broad SMARTS) is 4. The van der Waals surface area contributed by atoms with Crippen LogP contribution in [0.3, 0.4) is 0 Å². The molecule has 0 aromatic heterocycles. The molecule has 0 radical (unpaired) electrons. The molecule has 0 aliphatic heterocycles. The molecule has 0 aromatic carbocycles. The number of aliphatic carboxylic acids is 4. The van der Waals surface area contributed by atoms with Crippen LogP contribution in [-0.4, -0.2) is 93.5 Å². The maximum absolute atomic E-state index is 10.2. The molecule has 0 aromatic rings. The highest BCUT2D eigenvalue weighted by Gasteiger charge is 2.13. The first kappa shape index (κ1) is 45.3. The average Bonchev–Trinajstić information content (AvgIpc) is 2.84. The van der Waals surface area contributed by atoms with Crippen LogP contribution in [-0.2, 0) is 19.2 Å². The van der Waals surface area contributed by atoms with Crippen molar-refractivity contribution >= 4 is 35.8 Å². The molecule has 0 aliphatic rings. The third kappa shape index (κ3) is 38.4. The molecule has 0 heterocycles. The Labute approximate surface area is 246 Å². The van der Waals surface area contributed by atoms with Crippen LogP contribution in [0.1, 0.15) is 66.2 Å². The lowest BCUT2D eigenvalue weighted by Crippen LogP contribution is -2.34. The van der Waals surface area contributed by atoms with Crippen LogP contribution in [0.15, 0.2) is 0 Å². The third-order valence-electron chi connectivity index (χ3n) is 4.73. The van der Waals surface area contributed by atoms with Crippen molar-refractivity contribution in [3.8, 4) is 0 Å². The van der Waals surface area contributed by atoms with Gasteiger partial charge in [-0.3, -0.25) is 30.0 Å². The monoisotopic (exact) mass is 610 g/mol. The van der Waals surface area contributed by atoms with Crippen molar-refractivity contribution in [1.82, 2.24) is 10.6 Å². The van der Waals surface area contributed by atoms with Gasteiger partial charge in [-0.25, -0.2) is 0 Å². The normalized spacial score (nSPS) is 12.8. The summed E-state index contributed by atoms with van der Waals surface area (Å²) >= 11 is 0. The fourth-order valence-electron chi connectivity index (χ4n) is 2.55. The number of hydrogen-bond donors (Lipinski definition) is 14. The summed E-state index contributed by atoms with van der Waals surface area (Å²) in [5.41, 5.74) is 30.9. The van der Waals surface area contributed by atoms with Crippen molar-refractivity contribution in [3.05, 3.63) is 0 Å². The van der Waals surface area contributed by atoms with Gasteiger partial charge in [-0.15, -0.1) is 0 Å². The molecule has 18 heteroatoms. The zero-order chi connectivity index (χ0) is 34.0. The van der Waals surface area contributed by atoms with Crippen LogP contribution in [0, 0.1) is 22.7 Å². The fraction of sp³-hybridized carbons (Fsp3) is 0.750. The van der Waals surface area contributed by atoms with Crippen molar-refractivity contribution in [1.29, 1.82) is 10.8 Å². The Balaban J connectivity index is -0.000000231. The molecule has 0 saturated heterocycles. The summed E-state index contributed by atoms with van der Waals surface area (Å²) in [4.78, 5) is 40.6. The summed E-state index contributed by atoms with van der Waals surface area (Å²) in [6.45, 7) is 8.75. The second-order valence-electron chi connectivity index (χ2n) is 10.0. The first-order valence-electron chi connectivity index (χ1n) is 13.2. The lowest BCUT2D eigenvalue weighted by atomic mass is 10.1. The van der Waals surface area contributed by atoms with Crippen molar-refractivity contribution < 1.29 is 39.6 Å². The van der Waals surface area contributed by atoms with Gasteiger partial charge in [0.25, 0.3) is 0 Å². The third-order valence-corrected chi connectivity index (χ3v) is 4.73. The second-order valence-corrected chi connectivity index (χ2v) is 10.0. The van der Waals surface area contributed by atoms with Crippen LogP contribution < -0.4 is 45.0 Å². The molecule has 0 bridgehead atoms. The van der Waals surface area contributed by atoms with E-state index < -0.39 is 48.0 Å². The molecule has 0 spiro atoms. The number of guanidine groups is 2. The van der Waals surface area contributed by atoms with E-state index in [1.165, 1.54) is 0 Å². The minimum atomic E-state index is -1.00. The maximum Gasteiger partial charge on any atom is 0.320 e. The molecular weight excluding hydrogens is 556 g/mol. The Hall–Kier alpha value is -3.74. The quantitative estimate of drug-likeness (QED) is 0.0521. The summed E-state index contributed by atoms with van der Waals surface area (Å²) in [6.07, 6.45) is 3.05. The van der Waals surface area contributed by atoms with Gasteiger partial charge in [-0.05, 0) is 50.4 Å². The fourth-order valence-corrected chi connectivity index (χ4v) is 2.55. The van der Waals surface area contributed by atoms with Gasteiger partial charge in [0.05, 0.1) is 0 Å². The van der Waals surface area contributed by atoms with Crippen molar-refractivity contribution in [3.63, 3.8) is 0 Å². The Bertz CT molecular complexity index is 735. The smallest absolute Gasteiger partial charge is 0.320 e. The van der Waals surface area contributed by atoms with Gasteiger partial charge < -0.3 is 65.5 Å². The van der Waals surface area contributed by atoms with Gasteiger partial charge in [0.2, 0.25) is 0 Å². The molecule has 0 fully saturated rings. The number of carboxylic acids is 4. The lowest BCUT2D eigenvalue weighted by molar-refractivity contribution is -0.139. The molecule has 0 saturated carbocycles. The van der Waals surface area contributed by atoms with E-state index >= 15 is 0 Å². The average molecular weight is 611 g/mol. The minimum absolute atomic E-state index is 0.112. The predicted octanol–water partition coefficient (Wildman–Crippen LogP) is -1.79. The van der Waals surface area contributed by atoms with E-state index in [1.807, 2.05) is 27.7 Å². The highest BCUT2D eigenvalue weighted by Crippen LogP contribution is 2.02. The van der Waals surface area contributed by atoms with Gasteiger partial charge in [-0.2, -0.15) is 0 Å². The minimum Gasteiger partial charge on any atom is -0.480 e. The van der Waals surface area contributed by atoms with Gasteiger partial charge in [-0.1, -0.05) is 27.7 Å². The molecule has 4 atom stereocenters. The van der Waals surface area contributed by atoms with E-state index in [9.17, 15) is 19.2 Å². The second kappa shape index (κ2) is 27.4. The van der Waals surface area contributed by atoms with Gasteiger partial charge in [0.15, 0.2) is 11.9 Å². The van der Waals surface area contributed by atoms with E-state index in [0.29, 0.717) is 63.5 Å². The lowest BCUT2D eigenvalue weighted by Gasteiger charge is -2.07. The number of nitrogens with one attached hydrogen (secondary N) is 4. The van der Waals surface area contributed by atoms with Gasteiger partial charge in [0, 0.05) is 13.1 Å². The van der Waals surface area contributed by atoms with Crippen LogP contribution in [0.25, 0.3) is 0 Å². The highest BCUT2D eigenvalue weighted by atomic mass is 16.4. The molecule has 42 heavy (non-hydrogen) atoms. The van der Waals surface area contributed by atoms with E-state index in [1.54, 1.807) is 0 Å². The Morgan fingerprint density at radius 1 is 0.571 bits per heavy atom. The van der Waals surface area contributed by atoms with E-state index in [0.717, 1.165) is 0 Å².